The Balaban J connectivity index is 1.80. The Morgan fingerprint density at radius 2 is 1.81 bits per heavy atom. The molecular weight excluding hydrogens is 326 g/mol. The van der Waals surface area contributed by atoms with Gasteiger partial charge in [0.25, 0.3) is 5.91 Å². The van der Waals surface area contributed by atoms with Crippen LogP contribution in [0.2, 0.25) is 0 Å². The summed E-state index contributed by atoms with van der Waals surface area (Å²) >= 11 is 0. The van der Waals surface area contributed by atoms with Crippen molar-refractivity contribution in [2.45, 2.75) is 32.1 Å². The quantitative estimate of drug-likeness (QED) is 0.890. The third-order valence-corrected chi connectivity index (χ3v) is 5.59. The summed E-state index contributed by atoms with van der Waals surface area (Å²) in [7, 11) is 1.67. The van der Waals surface area contributed by atoms with Gasteiger partial charge in [-0.3, -0.25) is 4.79 Å². The lowest BCUT2D eigenvalue weighted by molar-refractivity contribution is 0.0487. The minimum Gasteiger partial charge on any atom is -0.497 e. The molecule has 0 atom stereocenters. The van der Waals surface area contributed by atoms with E-state index in [1.54, 1.807) is 7.11 Å². The van der Waals surface area contributed by atoms with Crippen molar-refractivity contribution < 1.29 is 14.3 Å². The first-order chi connectivity index (χ1) is 12.6. The van der Waals surface area contributed by atoms with Crippen molar-refractivity contribution in [3.05, 3.63) is 64.7 Å². The molecule has 0 spiro atoms. The first-order valence-corrected chi connectivity index (χ1v) is 9.12. The van der Waals surface area contributed by atoms with Crippen molar-refractivity contribution in [3.8, 4) is 5.75 Å². The third kappa shape index (κ3) is 3.75. The van der Waals surface area contributed by atoms with Gasteiger partial charge in [-0.05, 0) is 61.6 Å². The largest absolute Gasteiger partial charge is 0.497 e. The lowest BCUT2D eigenvalue weighted by Gasteiger charge is -2.38. The van der Waals surface area contributed by atoms with Crippen molar-refractivity contribution in [2.24, 2.45) is 0 Å². The van der Waals surface area contributed by atoms with Crippen LogP contribution >= 0.6 is 0 Å². The normalized spacial score (nSPS) is 16.1. The second kappa shape index (κ2) is 7.92. The van der Waals surface area contributed by atoms with E-state index in [-0.39, 0.29) is 11.3 Å². The first kappa shape index (κ1) is 18.5. The highest BCUT2D eigenvalue weighted by Crippen LogP contribution is 2.35. The number of carbonyl (C=O) groups is 1. The molecule has 2 aromatic rings. The van der Waals surface area contributed by atoms with Crippen molar-refractivity contribution >= 4 is 5.91 Å². The SMILES string of the molecule is COc1ccc(C2(CNC(=O)c3cccc(C)c3C)CCOCC2)cc1. The number of nitrogens with one attached hydrogen (secondary N) is 1. The maximum absolute atomic E-state index is 12.8. The van der Waals surface area contributed by atoms with Crippen molar-refractivity contribution in [3.63, 3.8) is 0 Å². The molecule has 1 saturated heterocycles. The molecule has 0 bridgehead atoms. The maximum atomic E-state index is 12.8. The summed E-state index contributed by atoms with van der Waals surface area (Å²) in [5.74, 6) is 0.834. The van der Waals surface area contributed by atoms with Gasteiger partial charge < -0.3 is 14.8 Å². The molecule has 26 heavy (non-hydrogen) atoms. The van der Waals surface area contributed by atoms with Crippen LogP contribution in [0.4, 0.5) is 0 Å². The van der Waals surface area contributed by atoms with Crippen LogP contribution < -0.4 is 10.1 Å². The Bertz CT molecular complexity index is 761. The predicted octanol–water partition coefficient (Wildman–Crippen LogP) is 3.79. The van der Waals surface area contributed by atoms with Crippen LogP contribution in [0.5, 0.6) is 5.75 Å². The summed E-state index contributed by atoms with van der Waals surface area (Å²) < 4.78 is 10.9. The lowest BCUT2D eigenvalue weighted by atomic mass is 9.74. The van der Waals surface area contributed by atoms with E-state index in [0.717, 1.165) is 35.3 Å². The number of aryl methyl sites for hydroxylation is 1. The molecule has 1 fully saturated rings. The number of carbonyl (C=O) groups excluding carboxylic acids is 1. The average Bonchev–Trinajstić information content (AvgIpc) is 2.69. The smallest absolute Gasteiger partial charge is 0.251 e. The second-order valence-electron chi connectivity index (χ2n) is 7.05. The van der Waals surface area contributed by atoms with Crippen LogP contribution in [-0.2, 0) is 10.2 Å². The molecule has 138 valence electrons. The van der Waals surface area contributed by atoms with E-state index in [9.17, 15) is 4.79 Å². The van der Waals surface area contributed by atoms with E-state index in [1.165, 1.54) is 5.56 Å². The average molecular weight is 353 g/mol. The fourth-order valence-corrected chi connectivity index (χ4v) is 3.62. The second-order valence-corrected chi connectivity index (χ2v) is 7.05. The number of hydrogen-bond acceptors (Lipinski definition) is 3. The van der Waals surface area contributed by atoms with Gasteiger partial charge in [0.2, 0.25) is 0 Å². The summed E-state index contributed by atoms with van der Waals surface area (Å²) in [5, 5.41) is 3.18. The first-order valence-electron chi connectivity index (χ1n) is 9.12. The summed E-state index contributed by atoms with van der Waals surface area (Å²) in [6, 6.07) is 14.0. The fraction of sp³-hybridized carbons (Fsp3) is 0.409. The molecule has 4 heteroatoms. The van der Waals surface area contributed by atoms with Gasteiger partial charge in [0, 0.05) is 30.7 Å². The summed E-state index contributed by atoms with van der Waals surface area (Å²) in [5.41, 5.74) is 4.05. The zero-order valence-electron chi connectivity index (χ0n) is 15.8. The van der Waals surface area contributed by atoms with Crippen molar-refractivity contribution in [2.75, 3.05) is 26.9 Å². The third-order valence-electron chi connectivity index (χ3n) is 5.59. The Hall–Kier alpha value is -2.33. The minimum absolute atomic E-state index is 0.00872. The standard InChI is InChI=1S/C22H27NO3/c1-16-5-4-6-20(17(16)2)21(24)23-15-22(11-13-26-14-12-22)18-7-9-19(25-3)10-8-18/h4-10H,11-15H2,1-3H3,(H,23,24). The Labute approximate surface area is 155 Å². The van der Waals surface area contributed by atoms with E-state index >= 15 is 0 Å². The van der Waals surface area contributed by atoms with Gasteiger partial charge in [-0.2, -0.15) is 0 Å². The zero-order chi connectivity index (χ0) is 18.6. The molecule has 0 unspecified atom stereocenters. The summed E-state index contributed by atoms with van der Waals surface area (Å²) in [6.45, 7) is 6.06. The van der Waals surface area contributed by atoms with E-state index < -0.39 is 0 Å². The number of ether oxygens (including phenoxy) is 2. The molecule has 0 saturated carbocycles. The Kier molecular flexibility index (Phi) is 5.62. The van der Waals surface area contributed by atoms with Gasteiger partial charge in [0.15, 0.2) is 0 Å². The topological polar surface area (TPSA) is 47.6 Å². The Morgan fingerprint density at radius 1 is 1.12 bits per heavy atom. The predicted molar refractivity (Wildman–Crippen MR) is 103 cm³/mol. The van der Waals surface area contributed by atoms with Crippen molar-refractivity contribution in [1.29, 1.82) is 0 Å². The van der Waals surface area contributed by atoms with E-state index in [0.29, 0.717) is 19.8 Å². The van der Waals surface area contributed by atoms with Crippen molar-refractivity contribution in [1.82, 2.24) is 5.32 Å². The monoisotopic (exact) mass is 353 g/mol. The minimum atomic E-state index is -0.0993. The van der Waals surface area contributed by atoms with Gasteiger partial charge in [0.1, 0.15) is 5.75 Å². The summed E-state index contributed by atoms with van der Waals surface area (Å²) in [4.78, 5) is 12.8. The molecule has 1 heterocycles. The van der Waals surface area contributed by atoms with Gasteiger partial charge in [-0.1, -0.05) is 24.3 Å². The van der Waals surface area contributed by atoms with E-state index in [4.69, 9.17) is 9.47 Å². The van der Waals surface area contributed by atoms with Gasteiger partial charge >= 0.3 is 0 Å². The maximum Gasteiger partial charge on any atom is 0.251 e. The molecule has 0 aromatic heterocycles. The van der Waals surface area contributed by atoms with Gasteiger partial charge in [-0.25, -0.2) is 0 Å². The number of benzene rings is 2. The number of methoxy groups -OCH3 is 1. The van der Waals surface area contributed by atoms with E-state index in [1.807, 2.05) is 44.2 Å². The highest BCUT2D eigenvalue weighted by molar-refractivity contribution is 5.96. The molecule has 2 aromatic carbocycles. The van der Waals surface area contributed by atoms with Crippen LogP contribution in [0.1, 0.15) is 39.9 Å². The highest BCUT2D eigenvalue weighted by Gasteiger charge is 2.35. The molecule has 0 radical (unpaired) electrons. The molecule has 1 aliphatic rings. The molecule has 0 aliphatic carbocycles. The highest BCUT2D eigenvalue weighted by atomic mass is 16.5. The fourth-order valence-electron chi connectivity index (χ4n) is 3.62. The van der Waals surface area contributed by atoms with Gasteiger partial charge in [-0.15, -0.1) is 0 Å². The van der Waals surface area contributed by atoms with Crippen LogP contribution in [0.15, 0.2) is 42.5 Å². The molecule has 1 aliphatic heterocycles. The number of rotatable bonds is 5. The molecular formula is C22H27NO3. The van der Waals surface area contributed by atoms with Crippen LogP contribution in [-0.4, -0.2) is 32.8 Å². The number of hydrogen-bond donors (Lipinski definition) is 1. The number of amides is 1. The zero-order valence-corrected chi connectivity index (χ0v) is 15.8. The van der Waals surface area contributed by atoms with E-state index in [2.05, 4.69) is 17.4 Å². The molecule has 3 rings (SSSR count). The summed E-state index contributed by atoms with van der Waals surface area (Å²) in [6.07, 6.45) is 1.79. The Morgan fingerprint density at radius 3 is 2.46 bits per heavy atom. The molecule has 1 N–H and O–H groups in total. The molecule has 4 nitrogen and oxygen atoms in total. The lowest BCUT2D eigenvalue weighted by Crippen LogP contribution is -2.44. The van der Waals surface area contributed by atoms with Crippen LogP contribution in [0, 0.1) is 13.8 Å². The molecule has 1 amide bonds. The van der Waals surface area contributed by atoms with Gasteiger partial charge in [0.05, 0.1) is 7.11 Å². The van der Waals surface area contributed by atoms with Crippen LogP contribution in [0.3, 0.4) is 0 Å². The van der Waals surface area contributed by atoms with Crippen LogP contribution in [0.25, 0.3) is 0 Å².